The monoisotopic (exact) mass is 331 g/mol. The maximum atomic E-state index is 13.1. The summed E-state index contributed by atoms with van der Waals surface area (Å²) in [6.07, 6.45) is 1.06. The molecule has 0 saturated heterocycles. The number of aryl methyl sites for hydroxylation is 1. The first kappa shape index (κ1) is 13.4. The molecule has 0 atom stereocenters. The van der Waals surface area contributed by atoms with Crippen molar-refractivity contribution in [1.82, 2.24) is 4.57 Å². The van der Waals surface area contributed by atoms with E-state index in [1.54, 1.807) is 0 Å². The highest BCUT2D eigenvalue weighted by atomic mass is 79.9. The van der Waals surface area contributed by atoms with Gasteiger partial charge in [0.05, 0.1) is 0 Å². The molecule has 102 valence electrons. The Morgan fingerprint density at radius 1 is 1.05 bits per heavy atom. The third kappa shape index (κ3) is 2.38. The molecule has 0 saturated carbocycles. The van der Waals surface area contributed by atoms with Gasteiger partial charge in [-0.1, -0.05) is 22.9 Å². The SMILES string of the molecule is CCCn1c(-c2ccc(F)cc2)cc2cc(Br)ccc21. The summed E-state index contributed by atoms with van der Waals surface area (Å²) >= 11 is 3.51. The fourth-order valence-corrected chi connectivity index (χ4v) is 2.94. The minimum absolute atomic E-state index is 0.199. The van der Waals surface area contributed by atoms with Crippen LogP contribution in [0.25, 0.3) is 22.2 Å². The first-order chi connectivity index (χ1) is 9.69. The summed E-state index contributed by atoms with van der Waals surface area (Å²) in [5, 5.41) is 1.20. The molecule has 0 bridgehead atoms. The Kier molecular flexibility index (Phi) is 3.62. The topological polar surface area (TPSA) is 4.93 Å². The summed E-state index contributed by atoms with van der Waals surface area (Å²) < 4.78 is 16.5. The van der Waals surface area contributed by atoms with E-state index in [2.05, 4.69) is 51.7 Å². The first-order valence-electron chi connectivity index (χ1n) is 6.74. The van der Waals surface area contributed by atoms with E-state index in [0.717, 1.165) is 28.7 Å². The van der Waals surface area contributed by atoms with Crippen molar-refractivity contribution in [3.8, 4) is 11.3 Å². The van der Waals surface area contributed by atoms with E-state index in [-0.39, 0.29) is 5.82 Å². The Morgan fingerprint density at radius 2 is 1.80 bits per heavy atom. The third-order valence-corrected chi connectivity index (χ3v) is 3.94. The second-order valence-corrected chi connectivity index (χ2v) is 5.81. The zero-order valence-electron chi connectivity index (χ0n) is 11.2. The predicted octanol–water partition coefficient (Wildman–Crippen LogP) is 5.62. The van der Waals surface area contributed by atoms with Gasteiger partial charge in [0.2, 0.25) is 0 Å². The van der Waals surface area contributed by atoms with Crippen molar-refractivity contribution in [3.63, 3.8) is 0 Å². The fraction of sp³-hybridized carbons (Fsp3) is 0.176. The van der Waals surface area contributed by atoms with Gasteiger partial charge in [0.15, 0.2) is 0 Å². The Labute approximate surface area is 126 Å². The van der Waals surface area contributed by atoms with Crippen LogP contribution < -0.4 is 0 Å². The average Bonchev–Trinajstić information content (AvgIpc) is 2.78. The van der Waals surface area contributed by atoms with Crippen LogP contribution in [-0.4, -0.2) is 4.57 Å². The molecule has 0 aliphatic heterocycles. The van der Waals surface area contributed by atoms with Gasteiger partial charge in [-0.2, -0.15) is 0 Å². The van der Waals surface area contributed by atoms with Crippen molar-refractivity contribution in [2.75, 3.05) is 0 Å². The zero-order chi connectivity index (χ0) is 14.1. The highest BCUT2D eigenvalue weighted by Gasteiger charge is 2.10. The van der Waals surface area contributed by atoms with E-state index in [4.69, 9.17) is 0 Å². The van der Waals surface area contributed by atoms with Gasteiger partial charge in [0.25, 0.3) is 0 Å². The van der Waals surface area contributed by atoms with E-state index < -0.39 is 0 Å². The minimum atomic E-state index is -0.199. The van der Waals surface area contributed by atoms with Crippen LogP contribution in [0.3, 0.4) is 0 Å². The molecular formula is C17H15BrFN. The maximum absolute atomic E-state index is 13.1. The van der Waals surface area contributed by atoms with Gasteiger partial charge < -0.3 is 4.57 Å². The molecule has 1 aromatic heterocycles. The summed E-state index contributed by atoms with van der Waals surface area (Å²) in [4.78, 5) is 0. The van der Waals surface area contributed by atoms with E-state index in [9.17, 15) is 4.39 Å². The lowest BCUT2D eigenvalue weighted by atomic mass is 10.1. The lowest BCUT2D eigenvalue weighted by Gasteiger charge is -2.09. The average molecular weight is 332 g/mol. The van der Waals surface area contributed by atoms with Crippen LogP contribution in [0.15, 0.2) is 53.0 Å². The Bertz CT molecular complexity index is 744. The highest BCUT2D eigenvalue weighted by molar-refractivity contribution is 9.10. The number of benzene rings is 2. The maximum Gasteiger partial charge on any atom is 0.123 e. The molecule has 0 spiro atoms. The molecule has 20 heavy (non-hydrogen) atoms. The number of halogens is 2. The molecule has 3 rings (SSSR count). The Morgan fingerprint density at radius 3 is 2.50 bits per heavy atom. The van der Waals surface area contributed by atoms with Crippen LogP contribution in [0, 0.1) is 5.82 Å². The van der Waals surface area contributed by atoms with Crippen molar-refractivity contribution in [1.29, 1.82) is 0 Å². The van der Waals surface area contributed by atoms with Crippen LogP contribution in [0.2, 0.25) is 0 Å². The molecule has 3 aromatic rings. The number of hydrogen-bond donors (Lipinski definition) is 0. The summed E-state index contributed by atoms with van der Waals surface area (Å²) in [5.74, 6) is -0.199. The summed E-state index contributed by atoms with van der Waals surface area (Å²) in [7, 11) is 0. The van der Waals surface area contributed by atoms with Gasteiger partial charge in [-0.3, -0.25) is 0 Å². The number of rotatable bonds is 3. The molecule has 0 aliphatic rings. The van der Waals surface area contributed by atoms with Gasteiger partial charge >= 0.3 is 0 Å². The largest absolute Gasteiger partial charge is 0.341 e. The lowest BCUT2D eigenvalue weighted by molar-refractivity contribution is 0.628. The lowest BCUT2D eigenvalue weighted by Crippen LogP contribution is -1.98. The van der Waals surface area contributed by atoms with E-state index >= 15 is 0 Å². The molecule has 0 radical (unpaired) electrons. The second-order valence-electron chi connectivity index (χ2n) is 4.89. The van der Waals surface area contributed by atoms with Crippen LogP contribution in [0.4, 0.5) is 4.39 Å². The highest BCUT2D eigenvalue weighted by Crippen LogP contribution is 2.30. The van der Waals surface area contributed by atoms with Crippen LogP contribution >= 0.6 is 15.9 Å². The van der Waals surface area contributed by atoms with Crippen molar-refractivity contribution >= 4 is 26.8 Å². The molecule has 0 aliphatic carbocycles. The zero-order valence-corrected chi connectivity index (χ0v) is 12.8. The summed E-state index contributed by atoms with van der Waals surface area (Å²) in [6.45, 7) is 3.12. The molecule has 0 N–H and O–H groups in total. The number of fused-ring (bicyclic) bond motifs is 1. The molecule has 2 aromatic carbocycles. The van der Waals surface area contributed by atoms with Crippen molar-refractivity contribution in [2.45, 2.75) is 19.9 Å². The molecule has 3 heteroatoms. The first-order valence-corrected chi connectivity index (χ1v) is 7.53. The van der Waals surface area contributed by atoms with Crippen LogP contribution in [0.5, 0.6) is 0 Å². The predicted molar refractivity (Wildman–Crippen MR) is 85.3 cm³/mol. The van der Waals surface area contributed by atoms with E-state index in [0.29, 0.717) is 0 Å². The van der Waals surface area contributed by atoms with Crippen LogP contribution in [0.1, 0.15) is 13.3 Å². The summed E-state index contributed by atoms with van der Waals surface area (Å²) in [5.41, 5.74) is 3.40. The van der Waals surface area contributed by atoms with Gasteiger partial charge in [0.1, 0.15) is 5.82 Å². The fourth-order valence-electron chi connectivity index (χ4n) is 2.57. The van der Waals surface area contributed by atoms with E-state index in [1.807, 2.05) is 12.1 Å². The quantitative estimate of drug-likeness (QED) is 0.587. The standard InChI is InChI=1S/C17H15BrFN/c1-2-9-20-16-8-5-14(18)10-13(16)11-17(20)12-3-6-15(19)7-4-12/h3-8,10-11H,2,9H2,1H3. The van der Waals surface area contributed by atoms with Crippen molar-refractivity contribution in [2.24, 2.45) is 0 Å². The van der Waals surface area contributed by atoms with Crippen molar-refractivity contribution in [3.05, 3.63) is 58.8 Å². The Balaban J connectivity index is 2.22. The van der Waals surface area contributed by atoms with Crippen molar-refractivity contribution < 1.29 is 4.39 Å². The van der Waals surface area contributed by atoms with Gasteiger partial charge in [0, 0.05) is 27.6 Å². The molecule has 1 heterocycles. The third-order valence-electron chi connectivity index (χ3n) is 3.45. The second kappa shape index (κ2) is 5.41. The number of hydrogen-bond acceptors (Lipinski definition) is 0. The molecule has 0 unspecified atom stereocenters. The molecule has 1 nitrogen and oxygen atoms in total. The normalized spacial score (nSPS) is 11.2. The molecular weight excluding hydrogens is 317 g/mol. The number of nitrogens with zero attached hydrogens (tertiary/aromatic N) is 1. The minimum Gasteiger partial charge on any atom is -0.341 e. The molecule has 0 amide bonds. The van der Waals surface area contributed by atoms with Gasteiger partial charge in [-0.15, -0.1) is 0 Å². The Hall–Kier alpha value is -1.61. The summed E-state index contributed by atoms with van der Waals surface area (Å²) in [6, 6.07) is 15.2. The smallest absolute Gasteiger partial charge is 0.123 e. The van der Waals surface area contributed by atoms with Crippen LogP contribution in [-0.2, 0) is 6.54 Å². The van der Waals surface area contributed by atoms with Gasteiger partial charge in [-0.25, -0.2) is 4.39 Å². The van der Waals surface area contributed by atoms with Gasteiger partial charge in [-0.05, 0) is 60.5 Å². The van der Waals surface area contributed by atoms with E-state index in [1.165, 1.54) is 23.0 Å². The molecule has 0 fully saturated rings. The number of aromatic nitrogens is 1.